The van der Waals surface area contributed by atoms with Gasteiger partial charge in [-0.25, -0.2) is 0 Å². The number of nitro benzene ring substituents is 1. The second kappa shape index (κ2) is 7.90. The largest absolute Gasteiger partial charge is 0.349 e. The molecule has 1 aliphatic rings. The fourth-order valence-corrected chi connectivity index (χ4v) is 2.54. The fourth-order valence-electron chi connectivity index (χ4n) is 2.54. The van der Waals surface area contributed by atoms with Gasteiger partial charge in [-0.1, -0.05) is 31.1 Å². The Kier molecular flexibility index (Phi) is 5.64. The minimum absolute atomic E-state index is 0.00765. The van der Waals surface area contributed by atoms with Gasteiger partial charge < -0.3 is 5.32 Å². The first-order valence-electron chi connectivity index (χ1n) is 7.44. The molecule has 0 atom stereocenters. The van der Waals surface area contributed by atoms with Gasteiger partial charge in [0.15, 0.2) is 0 Å². The summed E-state index contributed by atoms with van der Waals surface area (Å²) in [6.45, 7) is 0. The number of allylic oxidation sites excluding steroid dienone is 2. The number of nitro groups is 1. The summed E-state index contributed by atoms with van der Waals surface area (Å²) >= 11 is 0. The molecule has 1 aromatic carbocycles. The highest BCUT2D eigenvalue weighted by atomic mass is 16.6. The van der Waals surface area contributed by atoms with Crippen molar-refractivity contribution in [3.05, 3.63) is 57.7 Å². The average Bonchev–Trinajstić information content (AvgIpc) is 3.04. The first kappa shape index (κ1) is 16.4. The van der Waals surface area contributed by atoms with Crippen molar-refractivity contribution in [2.24, 2.45) is 0 Å². The van der Waals surface area contributed by atoms with Crippen molar-refractivity contribution in [1.29, 1.82) is 5.26 Å². The fraction of sp³-hybridized carbons (Fsp3) is 0.294. The molecule has 1 N–H and O–H groups in total. The number of nitriles is 1. The van der Waals surface area contributed by atoms with Crippen LogP contribution in [0.2, 0.25) is 0 Å². The Morgan fingerprint density at radius 3 is 2.70 bits per heavy atom. The Hall–Kier alpha value is -2.94. The van der Waals surface area contributed by atoms with Gasteiger partial charge in [-0.2, -0.15) is 5.26 Å². The lowest BCUT2D eigenvalue weighted by Crippen LogP contribution is -2.33. The molecule has 6 nitrogen and oxygen atoms in total. The van der Waals surface area contributed by atoms with Crippen molar-refractivity contribution in [3.63, 3.8) is 0 Å². The number of hydrogen-bond donors (Lipinski definition) is 1. The molecule has 0 radical (unpaired) electrons. The highest BCUT2D eigenvalue weighted by Gasteiger charge is 2.18. The van der Waals surface area contributed by atoms with Crippen molar-refractivity contribution in [2.45, 2.75) is 31.7 Å². The van der Waals surface area contributed by atoms with E-state index in [9.17, 15) is 14.9 Å². The molecule has 0 heterocycles. The summed E-state index contributed by atoms with van der Waals surface area (Å²) in [6.07, 6.45) is 8.43. The van der Waals surface area contributed by atoms with Crippen LogP contribution < -0.4 is 5.32 Å². The van der Waals surface area contributed by atoms with E-state index in [0.29, 0.717) is 5.56 Å². The molecule has 0 bridgehead atoms. The maximum Gasteiger partial charge on any atom is 0.276 e. The molecule has 0 spiro atoms. The van der Waals surface area contributed by atoms with Crippen LogP contribution >= 0.6 is 0 Å². The predicted molar refractivity (Wildman–Crippen MR) is 86.2 cm³/mol. The molecule has 6 heteroatoms. The highest BCUT2D eigenvalue weighted by molar-refractivity contribution is 5.97. The second-order valence-electron chi connectivity index (χ2n) is 5.32. The molecule has 0 unspecified atom stereocenters. The van der Waals surface area contributed by atoms with E-state index in [0.717, 1.165) is 25.7 Å². The van der Waals surface area contributed by atoms with Crippen LogP contribution in [0.25, 0.3) is 6.08 Å². The van der Waals surface area contributed by atoms with Crippen LogP contribution in [0.15, 0.2) is 42.0 Å². The van der Waals surface area contributed by atoms with Gasteiger partial charge in [0.05, 0.1) is 10.5 Å². The molecule has 1 amide bonds. The van der Waals surface area contributed by atoms with Gasteiger partial charge in [0, 0.05) is 12.1 Å². The van der Waals surface area contributed by atoms with Gasteiger partial charge in [0.25, 0.3) is 11.6 Å². The molecule has 0 saturated heterocycles. The smallest absolute Gasteiger partial charge is 0.276 e. The average molecular weight is 311 g/mol. The number of para-hydroxylation sites is 1. The first-order valence-corrected chi connectivity index (χ1v) is 7.44. The van der Waals surface area contributed by atoms with E-state index in [1.807, 2.05) is 6.07 Å². The topological polar surface area (TPSA) is 96.0 Å². The standard InChI is InChI=1S/C17H17N3O3/c18-12-14(17(21)19-15-9-2-3-10-15)8-5-7-13-6-1-4-11-16(13)20(22)23/h1,4-8,11,15H,2-3,9-10H2,(H,19,21)/b7-5+,14-8-. The third-order valence-corrected chi connectivity index (χ3v) is 3.73. The monoisotopic (exact) mass is 311 g/mol. The number of nitrogens with zero attached hydrogens (tertiary/aromatic N) is 2. The zero-order valence-corrected chi connectivity index (χ0v) is 12.6. The number of benzene rings is 1. The number of amides is 1. The minimum atomic E-state index is -0.471. The van der Waals surface area contributed by atoms with E-state index in [4.69, 9.17) is 5.26 Å². The third kappa shape index (κ3) is 4.51. The quantitative estimate of drug-likeness (QED) is 0.297. The number of nitrogens with one attached hydrogen (secondary N) is 1. The first-order chi connectivity index (χ1) is 11.1. The lowest BCUT2D eigenvalue weighted by molar-refractivity contribution is -0.385. The predicted octanol–water partition coefficient (Wildman–Crippen LogP) is 3.12. The Morgan fingerprint density at radius 1 is 1.35 bits per heavy atom. The lowest BCUT2D eigenvalue weighted by atomic mass is 10.1. The maximum atomic E-state index is 12.0. The molecule has 0 aliphatic heterocycles. The van der Waals surface area contributed by atoms with Crippen LogP contribution in [0.5, 0.6) is 0 Å². The van der Waals surface area contributed by atoms with Gasteiger partial charge in [-0.3, -0.25) is 14.9 Å². The van der Waals surface area contributed by atoms with Crippen molar-refractivity contribution >= 4 is 17.7 Å². The van der Waals surface area contributed by atoms with Gasteiger partial charge in [0.1, 0.15) is 11.6 Å². The third-order valence-electron chi connectivity index (χ3n) is 3.73. The van der Waals surface area contributed by atoms with Crippen LogP contribution in [0, 0.1) is 21.4 Å². The normalized spacial score (nSPS) is 15.5. The molecule has 23 heavy (non-hydrogen) atoms. The van der Waals surface area contributed by atoms with Gasteiger partial charge in [0.2, 0.25) is 0 Å². The van der Waals surface area contributed by atoms with Gasteiger partial charge in [-0.05, 0) is 31.1 Å². The van der Waals surface area contributed by atoms with Crippen molar-refractivity contribution in [1.82, 2.24) is 5.32 Å². The zero-order chi connectivity index (χ0) is 16.7. The summed E-state index contributed by atoms with van der Waals surface area (Å²) in [5, 5.41) is 22.8. The van der Waals surface area contributed by atoms with Gasteiger partial charge in [-0.15, -0.1) is 0 Å². The number of carbonyl (C=O) groups is 1. The number of hydrogen-bond acceptors (Lipinski definition) is 4. The summed E-state index contributed by atoms with van der Waals surface area (Å²) in [4.78, 5) is 22.4. The van der Waals surface area contributed by atoms with Gasteiger partial charge >= 0.3 is 0 Å². The number of carbonyl (C=O) groups excluding carboxylic acids is 1. The molecule has 118 valence electrons. The summed E-state index contributed by atoms with van der Waals surface area (Å²) in [5.74, 6) is -0.397. The summed E-state index contributed by atoms with van der Waals surface area (Å²) < 4.78 is 0. The Morgan fingerprint density at radius 2 is 2.04 bits per heavy atom. The molecule has 1 aliphatic carbocycles. The maximum absolute atomic E-state index is 12.0. The Balaban J connectivity index is 2.08. The lowest BCUT2D eigenvalue weighted by Gasteiger charge is -2.10. The van der Waals surface area contributed by atoms with E-state index in [1.165, 1.54) is 24.3 Å². The van der Waals surface area contributed by atoms with E-state index < -0.39 is 10.8 Å². The van der Waals surface area contributed by atoms with Crippen LogP contribution in [0.1, 0.15) is 31.2 Å². The molecule has 2 rings (SSSR count). The van der Waals surface area contributed by atoms with Crippen LogP contribution in [0.3, 0.4) is 0 Å². The van der Waals surface area contributed by atoms with Crippen LogP contribution in [-0.2, 0) is 4.79 Å². The molecule has 1 saturated carbocycles. The van der Waals surface area contributed by atoms with E-state index in [1.54, 1.807) is 18.2 Å². The van der Waals surface area contributed by atoms with Crippen molar-refractivity contribution in [3.8, 4) is 6.07 Å². The van der Waals surface area contributed by atoms with Crippen LogP contribution in [0.4, 0.5) is 5.69 Å². The second-order valence-corrected chi connectivity index (χ2v) is 5.32. The van der Waals surface area contributed by atoms with Crippen molar-refractivity contribution < 1.29 is 9.72 Å². The number of rotatable bonds is 5. The Bertz CT molecular complexity index is 695. The minimum Gasteiger partial charge on any atom is -0.349 e. The highest BCUT2D eigenvalue weighted by Crippen LogP contribution is 2.19. The molecule has 0 aromatic heterocycles. The van der Waals surface area contributed by atoms with E-state index in [2.05, 4.69) is 5.32 Å². The van der Waals surface area contributed by atoms with E-state index >= 15 is 0 Å². The van der Waals surface area contributed by atoms with E-state index in [-0.39, 0.29) is 17.3 Å². The molecule has 1 aromatic rings. The molecular weight excluding hydrogens is 294 g/mol. The summed E-state index contributed by atoms with van der Waals surface area (Å²) in [6, 6.07) is 8.28. The SMILES string of the molecule is N#C/C(=C/C=C/c1ccccc1[N+](=O)[O-])C(=O)NC1CCCC1. The zero-order valence-electron chi connectivity index (χ0n) is 12.6. The summed E-state index contributed by atoms with van der Waals surface area (Å²) in [5.41, 5.74) is 0.389. The van der Waals surface area contributed by atoms with Crippen molar-refractivity contribution in [2.75, 3.05) is 0 Å². The summed E-state index contributed by atoms with van der Waals surface area (Å²) in [7, 11) is 0. The Labute approximate surface area is 134 Å². The molecule has 1 fully saturated rings. The molecular formula is C17H17N3O3. The van der Waals surface area contributed by atoms with Crippen LogP contribution in [-0.4, -0.2) is 16.9 Å².